The molecule has 0 atom stereocenters. The van der Waals surface area contributed by atoms with Gasteiger partial charge < -0.3 is 5.32 Å². The van der Waals surface area contributed by atoms with E-state index in [1.807, 2.05) is 13.8 Å². The Kier molecular flexibility index (Phi) is 5.30. The predicted octanol–water partition coefficient (Wildman–Crippen LogP) is 5.25. The van der Waals surface area contributed by atoms with Crippen molar-refractivity contribution in [2.75, 3.05) is 5.32 Å². The van der Waals surface area contributed by atoms with Gasteiger partial charge in [-0.25, -0.2) is 4.39 Å². The molecule has 0 aliphatic rings. The van der Waals surface area contributed by atoms with Crippen LogP contribution in [-0.2, 0) is 6.54 Å². The molecule has 1 amide bonds. The smallest absolute Gasteiger partial charge is 0.255 e. The molecule has 0 aliphatic carbocycles. The second-order valence-corrected chi connectivity index (χ2v) is 6.74. The quantitative estimate of drug-likeness (QED) is 0.660. The molecule has 3 aromatic rings. The maximum Gasteiger partial charge on any atom is 0.255 e. The van der Waals surface area contributed by atoms with Crippen molar-refractivity contribution in [2.45, 2.75) is 20.4 Å². The van der Waals surface area contributed by atoms with Crippen LogP contribution in [-0.4, -0.2) is 15.7 Å². The lowest BCUT2D eigenvalue weighted by Crippen LogP contribution is -2.13. The number of amides is 1. The number of aromatic nitrogens is 2. The molecule has 1 heterocycles. The Morgan fingerprint density at radius 3 is 2.50 bits per heavy atom. The fourth-order valence-corrected chi connectivity index (χ4v) is 2.98. The highest BCUT2D eigenvalue weighted by Gasteiger charge is 2.16. The number of nitrogens with one attached hydrogen (secondary N) is 1. The molecule has 0 bridgehead atoms. The molecule has 1 N–H and O–H groups in total. The first kappa shape index (κ1) is 18.4. The third-order valence-corrected chi connectivity index (χ3v) is 4.67. The zero-order valence-corrected chi connectivity index (χ0v) is 15.7. The van der Waals surface area contributed by atoms with Gasteiger partial charge in [-0.3, -0.25) is 9.48 Å². The zero-order chi connectivity index (χ0) is 18.8. The van der Waals surface area contributed by atoms with Crippen LogP contribution in [0.3, 0.4) is 0 Å². The number of nitrogens with zero attached hydrogens (tertiary/aromatic N) is 2. The summed E-state index contributed by atoms with van der Waals surface area (Å²) in [6, 6.07) is 10.9. The summed E-state index contributed by atoms with van der Waals surface area (Å²) in [6.07, 6.45) is 0. The van der Waals surface area contributed by atoms with Crippen LogP contribution < -0.4 is 5.32 Å². The summed E-state index contributed by atoms with van der Waals surface area (Å²) in [7, 11) is 0. The fraction of sp³-hybridized carbons (Fsp3) is 0.158. The van der Waals surface area contributed by atoms with E-state index >= 15 is 0 Å². The largest absolute Gasteiger partial charge is 0.319 e. The van der Waals surface area contributed by atoms with Crippen LogP contribution in [0, 0.1) is 19.7 Å². The van der Waals surface area contributed by atoms with E-state index in [9.17, 15) is 9.18 Å². The number of halogens is 3. The number of benzene rings is 2. The molecule has 3 rings (SSSR count). The second-order valence-electron chi connectivity index (χ2n) is 5.90. The Labute approximate surface area is 160 Å². The van der Waals surface area contributed by atoms with E-state index in [-0.39, 0.29) is 11.7 Å². The zero-order valence-electron chi connectivity index (χ0n) is 14.2. The second kappa shape index (κ2) is 7.48. The van der Waals surface area contributed by atoms with Gasteiger partial charge in [0.2, 0.25) is 0 Å². The predicted molar refractivity (Wildman–Crippen MR) is 102 cm³/mol. The molecular weight excluding hydrogens is 376 g/mol. The monoisotopic (exact) mass is 391 g/mol. The molecule has 0 saturated heterocycles. The molecule has 2 aromatic carbocycles. The molecule has 1 aromatic heterocycles. The van der Waals surface area contributed by atoms with Gasteiger partial charge in [0.25, 0.3) is 5.91 Å². The van der Waals surface area contributed by atoms with Gasteiger partial charge in [-0.15, -0.1) is 0 Å². The summed E-state index contributed by atoms with van der Waals surface area (Å²) in [5.41, 5.74) is 3.35. The van der Waals surface area contributed by atoms with E-state index in [0.717, 1.165) is 11.3 Å². The highest BCUT2D eigenvalue weighted by Crippen LogP contribution is 2.24. The van der Waals surface area contributed by atoms with Crippen LogP contribution >= 0.6 is 23.2 Å². The van der Waals surface area contributed by atoms with Gasteiger partial charge >= 0.3 is 0 Å². The first-order chi connectivity index (χ1) is 12.3. The Morgan fingerprint density at radius 2 is 1.85 bits per heavy atom. The van der Waals surface area contributed by atoms with Crippen LogP contribution in [0.1, 0.15) is 27.3 Å². The van der Waals surface area contributed by atoms with Crippen LogP contribution in [0.5, 0.6) is 0 Å². The summed E-state index contributed by atoms with van der Waals surface area (Å²) < 4.78 is 14.9. The molecule has 134 valence electrons. The Bertz CT molecular complexity index is 968. The van der Waals surface area contributed by atoms with Gasteiger partial charge in [-0.2, -0.15) is 5.10 Å². The van der Waals surface area contributed by atoms with Crippen molar-refractivity contribution in [1.29, 1.82) is 0 Å². The number of rotatable bonds is 4. The normalized spacial score (nSPS) is 10.8. The van der Waals surface area contributed by atoms with Crippen LogP contribution in [0.4, 0.5) is 10.1 Å². The van der Waals surface area contributed by atoms with E-state index in [0.29, 0.717) is 33.5 Å². The molecule has 0 saturated carbocycles. The summed E-state index contributed by atoms with van der Waals surface area (Å²) in [5, 5.41) is 8.25. The molecule has 0 radical (unpaired) electrons. The van der Waals surface area contributed by atoms with Crippen molar-refractivity contribution in [2.24, 2.45) is 0 Å². The SMILES string of the molecule is Cc1nn(Cc2ccc(F)cc2Cl)c(C)c1NC(=O)c1ccc(Cl)cc1. The Balaban J connectivity index is 1.83. The fourth-order valence-electron chi connectivity index (χ4n) is 2.63. The highest BCUT2D eigenvalue weighted by atomic mass is 35.5. The van der Waals surface area contributed by atoms with Crippen molar-refractivity contribution in [3.63, 3.8) is 0 Å². The van der Waals surface area contributed by atoms with Crippen LogP contribution in [0.25, 0.3) is 0 Å². The molecule has 0 unspecified atom stereocenters. The van der Waals surface area contributed by atoms with E-state index < -0.39 is 0 Å². The third kappa shape index (κ3) is 3.89. The van der Waals surface area contributed by atoms with Crippen LogP contribution in [0.2, 0.25) is 10.0 Å². The number of anilines is 1. The van der Waals surface area contributed by atoms with Gasteiger partial charge in [0, 0.05) is 15.6 Å². The standard InChI is InChI=1S/C19H16Cl2FN3O/c1-11-18(23-19(26)13-3-6-15(20)7-4-13)12(2)25(24-11)10-14-5-8-16(22)9-17(14)21/h3-9H,10H2,1-2H3,(H,23,26). The first-order valence-electron chi connectivity index (χ1n) is 7.90. The molecular formula is C19H16Cl2FN3O. The minimum absolute atomic E-state index is 0.243. The summed E-state index contributed by atoms with van der Waals surface area (Å²) in [4.78, 5) is 12.4. The highest BCUT2D eigenvalue weighted by molar-refractivity contribution is 6.31. The number of hydrogen-bond acceptors (Lipinski definition) is 2. The number of aryl methyl sites for hydroxylation is 1. The molecule has 0 spiro atoms. The van der Waals surface area contributed by atoms with Crippen LogP contribution in [0.15, 0.2) is 42.5 Å². The topological polar surface area (TPSA) is 46.9 Å². The molecule has 0 fully saturated rings. The average molecular weight is 392 g/mol. The Morgan fingerprint density at radius 1 is 1.15 bits per heavy atom. The van der Waals surface area contributed by atoms with Gasteiger partial charge in [0.1, 0.15) is 5.82 Å². The lowest BCUT2D eigenvalue weighted by atomic mass is 10.2. The van der Waals surface area contributed by atoms with Gasteiger partial charge in [-0.05, 0) is 55.8 Å². The van der Waals surface area contributed by atoms with E-state index in [4.69, 9.17) is 23.2 Å². The first-order valence-corrected chi connectivity index (χ1v) is 8.65. The maximum atomic E-state index is 13.2. The van der Waals surface area contributed by atoms with Crippen molar-refractivity contribution in [3.8, 4) is 0 Å². The van der Waals surface area contributed by atoms with Gasteiger partial charge in [-0.1, -0.05) is 29.3 Å². The number of carbonyl (C=O) groups excluding carboxylic acids is 1. The lowest BCUT2D eigenvalue weighted by molar-refractivity contribution is 0.102. The third-order valence-electron chi connectivity index (χ3n) is 4.06. The van der Waals surface area contributed by atoms with Crippen molar-refractivity contribution in [1.82, 2.24) is 9.78 Å². The molecule has 26 heavy (non-hydrogen) atoms. The van der Waals surface area contributed by atoms with Crippen molar-refractivity contribution < 1.29 is 9.18 Å². The van der Waals surface area contributed by atoms with Gasteiger partial charge in [0.15, 0.2) is 0 Å². The summed E-state index contributed by atoms with van der Waals surface area (Å²) in [6.45, 7) is 4.05. The van der Waals surface area contributed by atoms with E-state index in [1.165, 1.54) is 12.1 Å². The summed E-state index contributed by atoms with van der Waals surface area (Å²) in [5.74, 6) is -0.629. The van der Waals surface area contributed by atoms with E-state index in [2.05, 4.69) is 10.4 Å². The molecule has 7 heteroatoms. The van der Waals surface area contributed by atoms with Gasteiger partial charge in [0.05, 0.1) is 23.6 Å². The number of hydrogen-bond donors (Lipinski definition) is 1. The minimum atomic E-state index is -0.386. The number of carbonyl (C=O) groups is 1. The van der Waals surface area contributed by atoms with Crippen molar-refractivity contribution in [3.05, 3.63) is 80.8 Å². The van der Waals surface area contributed by atoms with Crippen molar-refractivity contribution >= 4 is 34.8 Å². The summed E-state index contributed by atoms with van der Waals surface area (Å²) >= 11 is 11.9. The molecule has 0 aliphatic heterocycles. The van der Waals surface area contributed by atoms with E-state index in [1.54, 1.807) is 35.0 Å². The maximum absolute atomic E-state index is 13.2. The average Bonchev–Trinajstić information content (AvgIpc) is 2.85. The minimum Gasteiger partial charge on any atom is -0.319 e. The Hall–Kier alpha value is -2.37. The molecule has 4 nitrogen and oxygen atoms in total. The lowest BCUT2D eigenvalue weighted by Gasteiger charge is -2.09.